The molecule has 0 saturated carbocycles. The Balaban J connectivity index is 2.67. The van der Waals surface area contributed by atoms with Gasteiger partial charge in [-0.25, -0.2) is 0 Å². The zero-order valence-corrected chi connectivity index (χ0v) is 15.8. The van der Waals surface area contributed by atoms with Crippen molar-refractivity contribution in [2.45, 2.75) is 52.4 Å². The van der Waals surface area contributed by atoms with Crippen molar-refractivity contribution in [3.8, 4) is 0 Å². The normalized spacial score (nSPS) is 13.6. The van der Waals surface area contributed by atoms with Crippen molar-refractivity contribution < 1.29 is 5.11 Å². The summed E-state index contributed by atoms with van der Waals surface area (Å²) in [6, 6.07) is 10.5. The minimum atomic E-state index is -0.00245. The number of rotatable bonds is 10. The highest BCUT2D eigenvalue weighted by Gasteiger charge is 2.20. The van der Waals surface area contributed by atoms with Gasteiger partial charge in [-0.2, -0.15) is 0 Å². The number of hydrogen-bond donors (Lipinski definition) is 3. The fourth-order valence-electron chi connectivity index (χ4n) is 2.78. The van der Waals surface area contributed by atoms with Gasteiger partial charge < -0.3 is 15.7 Å². The summed E-state index contributed by atoms with van der Waals surface area (Å²) in [6.45, 7) is 11.4. The molecule has 0 amide bonds. The first-order chi connectivity index (χ1) is 11.5. The molecule has 0 radical (unpaired) electrons. The topological polar surface area (TPSA) is 56.6 Å². The lowest BCUT2D eigenvalue weighted by molar-refractivity contribution is 0.251. The second-order valence-electron chi connectivity index (χ2n) is 6.99. The van der Waals surface area contributed by atoms with Gasteiger partial charge in [0.2, 0.25) is 0 Å². The van der Waals surface area contributed by atoms with Crippen LogP contribution in [0.4, 0.5) is 0 Å². The van der Waals surface area contributed by atoms with E-state index in [4.69, 9.17) is 4.99 Å². The average Bonchev–Trinajstić information content (AvgIpc) is 2.58. The fourth-order valence-corrected chi connectivity index (χ4v) is 2.78. The number of aliphatic imine (C=N–C) groups is 1. The van der Waals surface area contributed by atoms with Gasteiger partial charge in [0.1, 0.15) is 0 Å². The third-order valence-corrected chi connectivity index (χ3v) is 4.32. The minimum absolute atomic E-state index is 0.00245. The van der Waals surface area contributed by atoms with Crippen LogP contribution in [-0.2, 0) is 5.41 Å². The van der Waals surface area contributed by atoms with Crippen LogP contribution in [0.5, 0.6) is 0 Å². The molecule has 0 aromatic heterocycles. The molecule has 1 atom stereocenters. The number of aliphatic hydroxyl groups excluding tert-OH is 1. The van der Waals surface area contributed by atoms with E-state index < -0.39 is 0 Å². The van der Waals surface area contributed by atoms with Gasteiger partial charge in [0.05, 0.1) is 6.54 Å². The highest BCUT2D eigenvalue weighted by molar-refractivity contribution is 5.79. The first kappa shape index (κ1) is 20.5. The Morgan fingerprint density at radius 3 is 2.42 bits per heavy atom. The van der Waals surface area contributed by atoms with Gasteiger partial charge in [-0.3, -0.25) is 4.99 Å². The van der Waals surface area contributed by atoms with Crippen LogP contribution in [0.2, 0.25) is 0 Å². The third kappa shape index (κ3) is 7.35. The Morgan fingerprint density at radius 2 is 1.83 bits per heavy atom. The maximum Gasteiger partial charge on any atom is 0.191 e. The molecule has 0 aliphatic heterocycles. The molecule has 0 spiro atoms. The molecule has 0 fully saturated rings. The van der Waals surface area contributed by atoms with Crippen LogP contribution in [0.15, 0.2) is 35.3 Å². The lowest BCUT2D eigenvalue weighted by Crippen LogP contribution is -2.41. The second kappa shape index (κ2) is 11.1. The smallest absolute Gasteiger partial charge is 0.191 e. The Labute approximate surface area is 147 Å². The van der Waals surface area contributed by atoms with E-state index in [1.165, 1.54) is 5.56 Å². The Bertz CT molecular complexity index is 465. The molecule has 0 heterocycles. The predicted molar refractivity (Wildman–Crippen MR) is 104 cm³/mol. The quantitative estimate of drug-likeness (QED) is 0.455. The third-order valence-electron chi connectivity index (χ3n) is 4.32. The highest BCUT2D eigenvalue weighted by atomic mass is 16.3. The molecule has 1 aromatic carbocycles. The van der Waals surface area contributed by atoms with Crippen molar-refractivity contribution in [3.63, 3.8) is 0 Å². The maximum atomic E-state index is 9.19. The second-order valence-corrected chi connectivity index (χ2v) is 6.99. The molecular formula is C20H35N3O. The van der Waals surface area contributed by atoms with Gasteiger partial charge in [-0.1, -0.05) is 57.5 Å². The van der Waals surface area contributed by atoms with E-state index in [-0.39, 0.29) is 12.0 Å². The molecule has 0 aliphatic rings. The van der Waals surface area contributed by atoms with Crippen LogP contribution in [0.25, 0.3) is 0 Å². The Kier molecular flexibility index (Phi) is 9.46. The molecule has 24 heavy (non-hydrogen) atoms. The molecule has 0 saturated heterocycles. The Hall–Kier alpha value is -1.55. The van der Waals surface area contributed by atoms with Gasteiger partial charge in [0.25, 0.3) is 0 Å². The summed E-state index contributed by atoms with van der Waals surface area (Å²) in [5.74, 6) is 1.35. The van der Waals surface area contributed by atoms with Crippen molar-refractivity contribution >= 4 is 5.96 Å². The predicted octanol–water partition coefficient (Wildman–Crippen LogP) is 3.32. The van der Waals surface area contributed by atoms with E-state index in [0.717, 1.165) is 44.9 Å². The molecule has 1 rings (SSSR count). The van der Waals surface area contributed by atoms with Crippen LogP contribution in [-0.4, -0.2) is 37.3 Å². The molecule has 0 aliphatic carbocycles. The van der Waals surface area contributed by atoms with Crippen molar-refractivity contribution in [1.82, 2.24) is 10.6 Å². The largest absolute Gasteiger partial charge is 0.396 e. The van der Waals surface area contributed by atoms with E-state index in [0.29, 0.717) is 5.92 Å². The van der Waals surface area contributed by atoms with E-state index in [1.54, 1.807) is 0 Å². The number of nitrogens with zero attached hydrogens (tertiary/aromatic N) is 1. The lowest BCUT2D eigenvalue weighted by Gasteiger charge is -2.24. The molecule has 4 heteroatoms. The van der Waals surface area contributed by atoms with Crippen molar-refractivity contribution in [3.05, 3.63) is 35.9 Å². The minimum Gasteiger partial charge on any atom is -0.396 e. The van der Waals surface area contributed by atoms with Gasteiger partial charge in [-0.05, 0) is 31.2 Å². The van der Waals surface area contributed by atoms with Crippen molar-refractivity contribution in [1.29, 1.82) is 0 Å². The number of aliphatic hydroxyl groups is 1. The zero-order chi connectivity index (χ0) is 17.8. The van der Waals surface area contributed by atoms with Crippen LogP contribution in [0, 0.1) is 5.92 Å². The summed E-state index contributed by atoms with van der Waals surface area (Å²) in [4.78, 5) is 4.79. The van der Waals surface area contributed by atoms with Gasteiger partial charge in [0, 0.05) is 25.1 Å². The monoisotopic (exact) mass is 333 g/mol. The number of nitrogens with one attached hydrogen (secondary N) is 2. The summed E-state index contributed by atoms with van der Waals surface area (Å²) >= 11 is 0. The summed E-state index contributed by atoms with van der Waals surface area (Å²) in [7, 11) is 0. The molecule has 3 N–H and O–H groups in total. The fraction of sp³-hybridized carbons (Fsp3) is 0.650. The van der Waals surface area contributed by atoms with Crippen LogP contribution in [0.3, 0.4) is 0 Å². The SMILES string of the molecule is CCCC(CCO)CNC(=NCC(C)(C)c1ccccc1)NCC. The number of benzene rings is 1. The lowest BCUT2D eigenvalue weighted by atomic mass is 9.85. The summed E-state index contributed by atoms with van der Waals surface area (Å²) in [5, 5.41) is 16.0. The van der Waals surface area contributed by atoms with Crippen LogP contribution in [0.1, 0.15) is 52.5 Å². The molecular weight excluding hydrogens is 298 g/mol. The van der Waals surface area contributed by atoms with Crippen molar-refractivity contribution in [2.24, 2.45) is 10.9 Å². The molecule has 0 bridgehead atoms. The average molecular weight is 334 g/mol. The Morgan fingerprint density at radius 1 is 1.12 bits per heavy atom. The highest BCUT2D eigenvalue weighted by Crippen LogP contribution is 2.23. The van der Waals surface area contributed by atoms with E-state index in [1.807, 2.05) is 6.07 Å². The molecule has 1 unspecified atom stereocenters. The standard InChI is InChI=1S/C20H35N3O/c1-5-10-17(13-14-24)15-22-19(21-6-2)23-16-20(3,4)18-11-8-7-9-12-18/h7-9,11-12,17,24H,5-6,10,13-16H2,1-4H3,(H2,21,22,23). The zero-order valence-electron chi connectivity index (χ0n) is 15.8. The number of hydrogen-bond acceptors (Lipinski definition) is 2. The first-order valence-electron chi connectivity index (χ1n) is 9.22. The van der Waals surface area contributed by atoms with E-state index >= 15 is 0 Å². The van der Waals surface area contributed by atoms with E-state index in [9.17, 15) is 5.11 Å². The summed E-state index contributed by atoms with van der Waals surface area (Å²) in [6.07, 6.45) is 3.11. The van der Waals surface area contributed by atoms with Crippen LogP contribution < -0.4 is 10.6 Å². The number of guanidine groups is 1. The summed E-state index contributed by atoms with van der Waals surface area (Å²) < 4.78 is 0. The van der Waals surface area contributed by atoms with Crippen LogP contribution >= 0.6 is 0 Å². The van der Waals surface area contributed by atoms with Gasteiger partial charge in [0.15, 0.2) is 5.96 Å². The molecule has 4 nitrogen and oxygen atoms in total. The van der Waals surface area contributed by atoms with Gasteiger partial charge in [-0.15, -0.1) is 0 Å². The van der Waals surface area contributed by atoms with E-state index in [2.05, 4.69) is 62.6 Å². The maximum absolute atomic E-state index is 9.19. The molecule has 1 aromatic rings. The molecule has 136 valence electrons. The van der Waals surface area contributed by atoms with Crippen molar-refractivity contribution in [2.75, 3.05) is 26.2 Å². The van der Waals surface area contributed by atoms with Gasteiger partial charge >= 0.3 is 0 Å². The summed E-state index contributed by atoms with van der Waals surface area (Å²) in [5.41, 5.74) is 1.30. The first-order valence-corrected chi connectivity index (χ1v) is 9.22.